The van der Waals surface area contributed by atoms with Crippen molar-refractivity contribution in [2.24, 2.45) is 0 Å². The van der Waals surface area contributed by atoms with Gasteiger partial charge in [-0.25, -0.2) is 9.97 Å². The van der Waals surface area contributed by atoms with Crippen molar-refractivity contribution in [3.8, 4) is 0 Å². The fraction of sp³-hybridized carbons (Fsp3) is 0.211. The maximum Gasteiger partial charge on any atom is 1.00 e. The second-order valence-electron chi connectivity index (χ2n) is 6.79. The van der Waals surface area contributed by atoms with Crippen LogP contribution in [0, 0.1) is 0 Å². The number of carboxylic acids is 2. The number of fused-ring (bicyclic) bond motifs is 1. The van der Waals surface area contributed by atoms with Crippen molar-refractivity contribution in [3.63, 3.8) is 0 Å². The van der Waals surface area contributed by atoms with Crippen LogP contribution in [0.2, 0.25) is 0 Å². The van der Waals surface area contributed by atoms with Crippen LogP contribution in [0.25, 0.3) is 11.2 Å². The molecule has 0 aliphatic rings. The SMILES string of the molecule is CC(=O)CC(Cc1cnc2nc(N)nc(N)c2n1)(C(=O)[O-])c1ccc(C(=O)[O-])cc1.[Na+].[Na+]. The molecule has 3 aromatic rings. The second kappa shape index (κ2) is 11.1. The summed E-state index contributed by atoms with van der Waals surface area (Å²) in [7, 11) is 0. The van der Waals surface area contributed by atoms with E-state index in [1.165, 1.54) is 37.4 Å². The maximum atomic E-state index is 12.2. The van der Waals surface area contributed by atoms with Gasteiger partial charge in [0, 0.05) is 18.3 Å². The Balaban J connectivity index is 0.00000256. The number of benzene rings is 1. The van der Waals surface area contributed by atoms with Crippen molar-refractivity contribution in [1.29, 1.82) is 0 Å². The molecule has 3 rings (SSSR count). The Morgan fingerprint density at radius 1 is 1.00 bits per heavy atom. The van der Waals surface area contributed by atoms with Crippen LogP contribution < -0.4 is 80.8 Å². The first kappa shape index (κ1) is 27.9. The molecule has 0 bridgehead atoms. The van der Waals surface area contributed by atoms with E-state index in [2.05, 4.69) is 19.9 Å². The van der Waals surface area contributed by atoms with E-state index in [4.69, 9.17) is 11.5 Å². The minimum atomic E-state index is -1.82. The van der Waals surface area contributed by atoms with E-state index >= 15 is 0 Å². The molecule has 0 fully saturated rings. The maximum absolute atomic E-state index is 12.2. The molecule has 154 valence electrons. The molecule has 0 amide bonds. The molecule has 13 heteroatoms. The van der Waals surface area contributed by atoms with Crippen LogP contribution in [0.5, 0.6) is 0 Å². The van der Waals surface area contributed by atoms with E-state index in [1.54, 1.807) is 0 Å². The van der Waals surface area contributed by atoms with Gasteiger partial charge >= 0.3 is 59.1 Å². The van der Waals surface area contributed by atoms with Crippen LogP contribution in [-0.4, -0.2) is 37.7 Å². The number of ketones is 1. The Bertz CT molecular complexity index is 1170. The number of nitrogen functional groups attached to an aromatic ring is 2. The van der Waals surface area contributed by atoms with Crippen LogP contribution >= 0.6 is 0 Å². The Morgan fingerprint density at radius 3 is 2.16 bits per heavy atom. The predicted octanol–water partition coefficient (Wildman–Crippen LogP) is -7.83. The fourth-order valence-corrected chi connectivity index (χ4v) is 3.26. The molecule has 0 aliphatic heterocycles. The van der Waals surface area contributed by atoms with Crippen molar-refractivity contribution in [2.75, 3.05) is 11.5 Å². The van der Waals surface area contributed by atoms with Crippen LogP contribution in [-0.2, 0) is 21.4 Å². The van der Waals surface area contributed by atoms with Crippen molar-refractivity contribution < 1.29 is 83.7 Å². The first-order valence-electron chi connectivity index (χ1n) is 8.70. The van der Waals surface area contributed by atoms with Gasteiger partial charge in [0.2, 0.25) is 5.95 Å². The van der Waals surface area contributed by atoms with Gasteiger partial charge in [-0.1, -0.05) is 24.3 Å². The number of nitrogens with zero attached hydrogens (tertiary/aromatic N) is 4. The zero-order chi connectivity index (χ0) is 22.1. The number of Topliss-reactive ketones (excluding diaryl/α,β-unsaturated/α-hetero) is 1. The first-order valence-corrected chi connectivity index (χ1v) is 8.70. The van der Waals surface area contributed by atoms with E-state index in [9.17, 15) is 24.6 Å². The van der Waals surface area contributed by atoms with Crippen LogP contribution in [0.4, 0.5) is 11.8 Å². The Morgan fingerprint density at radius 2 is 1.62 bits per heavy atom. The van der Waals surface area contributed by atoms with Gasteiger partial charge in [0.1, 0.15) is 5.78 Å². The zero-order valence-corrected chi connectivity index (χ0v) is 21.8. The number of aliphatic carboxylic acids is 1. The van der Waals surface area contributed by atoms with Gasteiger partial charge in [-0.2, -0.15) is 9.97 Å². The largest absolute Gasteiger partial charge is 1.00 e. The van der Waals surface area contributed by atoms with Gasteiger partial charge in [-0.05, 0) is 18.1 Å². The van der Waals surface area contributed by atoms with E-state index < -0.39 is 29.6 Å². The predicted molar refractivity (Wildman–Crippen MR) is 100 cm³/mol. The number of carbonyl (C=O) groups excluding carboxylic acids is 3. The van der Waals surface area contributed by atoms with E-state index in [-0.39, 0.29) is 105 Å². The molecule has 11 nitrogen and oxygen atoms in total. The molecule has 0 saturated carbocycles. The summed E-state index contributed by atoms with van der Waals surface area (Å²) >= 11 is 0. The minimum absolute atomic E-state index is 0. The van der Waals surface area contributed by atoms with E-state index in [0.29, 0.717) is 0 Å². The standard InChI is InChI=1S/C19H18N6O5.2Na/c1-9(26)6-19(17(29)30,11-4-2-10(3-5-11)16(27)28)7-12-8-22-15-13(23-12)14(20)24-18(21)25-15;;/h2-5,8H,6-7H2,1H3,(H,27,28)(H,29,30)(H4,20,21,22,24,25);;/q;2*+1/p-2. The third-order valence-corrected chi connectivity index (χ3v) is 4.60. The molecule has 0 aliphatic carbocycles. The molecule has 0 saturated heterocycles. The smallest absolute Gasteiger partial charge is 0.549 e. The number of rotatable bonds is 7. The van der Waals surface area contributed by atoms with Gasteiger partial charge in [0.15, 0.2) is 17.0 Å². The van der Waals surface area contributed by atoms with Gasteiger partial charge in [0.05, 0.1) is 23.8 Å². The van der Waals surface area contributed by atoms with Crippen LogP contribution in [0.3, 0.4) is 0 Å². The molecule has 0 radical (unpaired) electrons. The average molecular weight is 454 g/mol. The molecule has 1 unspecified atom stereocenters. The zero-order valence-electron chi connectivity index (χ0n) is 17.8. The van der Waals surface area contributed by atoms with E-state index in [0.717, 1.165) is 0 Å². The van der Waals surface area contributed by atoms with Gasteiger partial charge in [0.25, 0.3) is 0 Å². The summed E-state index contributed by atoms with van der Waals surface area (Å²) < 4.78 is 0. The quantitative estimate of drug-likeness (QED) is 0.321. The molecule has 2 heterocycles. The van der Waals surface area contributed by atoms with E-state index in [1.807, 2.05) is 0 Å². The fourth-order valence-electron chi connectivity index (χ4n) is 3.26. The molecule has 1 aromatic carbocycles. The normalized spacial score (nSPS) is 12.2. The number of nitrogens with two attached hydrogens (primary N) is 2. The number of hydrogen-bond donors (Lipinski definition) is 2. The first-order chi connectivity index (χ1) is 14.1. The summed E-state index contributed by atoms with van der Waals surface area (Å²) in [5.74, 6) is -3.47. The Hall–Kier alpha value is -2.15. The average Bonchev–Trinajstić information content (AvgIpc) is 2.67. The van der Waals surface area contributed by atoms with Crippen molar-refractivity contribution in [1.82, 2.24) is 19.9 Å². The number of aromatic carboxylic acids is 1. The summed E-state index contributed by atoms with van der Waals surface area (Å²) in [6.45, 7) is 1.24. The second-order valence-corrected chi connectivity index (χ2v) is 6.79. The molecule has 2 aromatic heterocycles. The molecule has 32 heavy (non-hydrogen) atoms. The number of carbonyl (C=O) groups is 3. The summed E-state index contributed by atoms with van der Waals surface area (Å²) in [5.41, 5.74) is 10.0. The summed E-state index contributed by atoms with van der Waals surface area (Å²) in [5, 5.41) is 23.2. The molecule has 4 N–H and O–H groups in total. The third kappa shape index (κ3) is 5.80. The molecular weight excluding hydrogens is 438 g/mol. The van der Waals surface area contributed by atoms with Crippen LogP contribution in [0.1, 0.15) is 35.0 Å². The molecule has 1 atom stereocenters. The van der Waals surface area contributed by atoms with Crippen molar-refractivity contribution in [3.05, 3.63) is 47.3 Å². The summed E-state index contributed by atoms with van der Waals surface area (Å²) in [4.78, 5) is 51.3. The minimum Gasteiger partial charge on any atom is -0.549 e. The van der Waals surface area contributed by atoms with Crippen LogP contribution in [0.15, 0.2) is 30.5 Å². The number of aromatic nitrogens is 4. The molecule has 0 spiro atoms. The third-order valence-electron chi connectivity index (χ3n) is 4.60. The van der Waals surface area contributed by atoms with Gasteiger partial charge in [-0.3, -0.25) is 4.79 Å². The summed E-state index contributed by atoms with van der Waals surface area (Å²) in [6.07, 6.45) is 0.612. The number of anilines is 2. The Labute approximate surface area is 226 Å². The Kier molecular flexibility index (Phi) is 9.69. The van der Waals surface area contributed by atoms with Crippen molar-refractivity contribution in [2.45, 2.75) is 25.2 Å². The topological polar surface area (TPSA) is 201 Å². The summed E-state index contributed by atoms with van der Waals surface area (Å²) in [6, 6.07) is 5.00. The molecular formula is C19H16N6Na2O5. The number of hydrogen-bond acceptors (Lipinski definition) is 11. The van der Waals surface area contributed by atoms with Gasteiger partial charge < -0.3 is 31.3 Å². The monoisotopic (exact) mass is 454 g/mol. The van der Waals surface area contributed by atoms with Gasteiger partial charge in [-0.15, -0.1) is 0 Å². The number of carboxylic acid groups (broad SMARTS) is 2. The van der Waals surface area contributed by atoms with Crippen molar-refractivity contribution >= 4 is 40.7 Å².